The highest BCUT2D eigenvalue weighted by molar-refractivity contribution is 7.27. The fraction of sp³-hybridized carbons (Fsp3) is 0. The highest BCUT2D eigenvalue weighted by Gasteiger charge is 2.26. The Morgan fingerprint density at radius 2 is 0.475 bits per heavy atom. The van der Waals surface area contributed by atoms with Crippen molar-refractivity contribution in [2.75, 3.05) is 9.80 Å². The maximum absolute atomic E-state index is 5.13. The first-order chi connectivity index (χ1) is 50.0. The van der Waals surface area contributed by atoms with E-state index in [9.17, 15) is 0 Å². The lowest BCUT2D eigenvalue weighted by atomic mass is 9.92. The summed E-state index contributed by atoms with van der Waals surface area (Å²) in [7, 11) is 0. The van der Waals surface area contributed by atoms with Crippen LogP contribution in [0.2, 0.25) is 0 Å². The Bertz CT molecular complexity index is 6520. The van der Waals surface area contributed by atoms with Crippen molar-refractivity contribution < 1.29 is 0 Å². The second kappa shape index (κ2) is 24.1. The maximum Gasteiger partial charge on any atom is 0.164 e. The van der Waals surface area contributed by atoms with Crippen molar-refractivity contribution in [2.24, 2.45) is 0 Å². The molecule has 0 N–H and O–H groups in total. The van der Waals surface area contributed by atoms with Gasteiger partial charge in [0.25, 0.3) is 0 Å². The van der Waals surface area contributed by atoms with Gasteiger partial charge in [0.2, 0.25) is 0 Å². The smallest absolute Gasteiger partial charge is 0.164 e. The first kappa shape index (κ1) is 58.5. The van der Waals surface area contributed by atoms with Gasteiger partial charge < -0.3 is 9.80 Å². The molecule has 0 atom stereocenters. The molecule has 5 aromatic heterocycles. The van der Waals surface area contributed by atoms with E-state index in [-0.39, 0.29) is 0 Å². The first-order valence-corrected chi connectivity index (χ1v) is 36.1. The molecular formula is C90H54N8S3. The molecular weight excluding hydrogens is 1290 g/mol. The number of hydrogen-bond acceptors (Lipinski definition) is 11. The summed E-state index contributed by atoms with van der Waals surface area (Å²) >= 11 is 5.55. The van der Waals surface area contributed by atoms with Crippen LogP contribution in [0.25, 0.3) is 161 Å². The number of anilines is 6. The predicted octanol–water partition coefficient (Wildman–Crippen LogP) is 25.6. The van der Waals surface area contributed by atoms with Crippen molar-refractivity contribution in [1.29, 1.82) is 0 Å². The number of benzene rings is 15. The zero-order valence-corrected chi connectivity index (χ0v) is 56.4. The van der Waals surface area contributed by atoms with Crippen molar-refractivity contribution >= 4 is 161 Å². The highest BCUT2D eigenvalue weighted by Crippen LogP contribution is 2.52. The molecule has 0 bridgehead atoms. The van der Waals surface area contributed by atoms with Crippen LogP contribution >= 0.6 is 34.0 Å². The van der Waals surface area contributed by atoms with Crippen molar-refractivity contribution in [2.45, 2.75) is 0 Å². The average Bonchev–Trinajstić information content (AvgIpc) is 1.71. The third-order valence-electron chi connectivity index (χ3n) is 19.3. The van der Waals surface area contributed by atoms with Gasteiger partial charge in [-0.05, 0) is 135 Å². The van der Waals surface area contributed by atoms with Gasteiger partial charge in [-0.3, -0.25) is 0 Å². The van der Waals surface area contributed by atoms with Crippen LogP contribution in [0.3, 0.4) is 0 Å². The van der Waals surface area contributed by atoms with E-state index in [1.54, 1.807) is 0 Å². The summed E-state index contributed by atoms with van der Waals surface area (Å²) in [6.45, 7) is 0. The van der Waals surface area contributed by atoms with Gasteiger partial charge in [0.1, 0.15) is 0 Å². The first-order valence-electron chi connectivity index (χ1n) is 33.6. The lowest BCUT2D eigenvalue weighted by Crippen LogP contribution is -2.10. The van der Waals surface area contributed by atoms with Crippen LogP contribution in [0.5, 0.6) is 0 Å². The quantitative estimate of drug-likeness (QED) is 0.112. The number of hydrogen-bond donors (Lipinski definition) is 0. The van der Waals surface area contributed by atoms with Gasteiger partial charge in [-0.25, -0.2) is 29.9 Å². The summed E-state index contributed by atoms with van der Waals surface area (Å²) in [4.78, 5) is 35.4. The molecule has 20 rings (SSSR count). The van der Waals surface area contributed by atoms with Gasteiger partial charge in [-0.2, -0.15) is 0 Å². The fourth-order valence-electron chi connectivity index (χ4n) is 14.6. The minimum atomic E-state index is 0.608. The fourth-order valence-corrected chi connectivity index (χ4v) is 18.2. The molecule has 0 fully saturated rings. The van der Waals surface area contributed by atoms with Gasteiger partial charge in [0.15, 0.2) is 34.9 Å². The van der Waals surface area contributed by atoms with Crippen molar-refractivity contribution in [1.82, 2.24) is 29.9 Å². The maximum atomic E-state index is 5.13. The van der Waals surface area contributed by atoms with Crippen LogP contribution in [0, 0.1) is 0 Å². The second-order valence-electron chi connectivity index (χ2n) is 25.3. The number of thiophene rings is 3. The molecule has 0 saturated carbocycles. The molecule has 101 heavy (non-hydrogen) atoms. The summed E-state index contributed by atoms with van der Waals surface area (Å²) in [5.41, 5.74) is 11.9. The Kier molecular flexibility index (Phi) is 14.0. The van der Waals surface area contributed by atoms with Crippen molar-refractivity contribution in [3.63, 3.8) is 0 Å². The van der Waals surface area contributed by atoms with Crippen LogP contribution in [0.1, 0.15) is 0 Å². The van der Waals surface area contributed by atoms with E-state index < -0.39 is 0 Å². The van der Waals surface area contributed by atoms with Crippen LogP contribution < -0.4 is 9.80 Å². The second-order valence-corrected chi connectivity index (χ2v) is 28.4. The van der Waals surface area contributed by atoms with Crippen LogP contribution in [-0.2, 0) is 0 Å². The molecule has 0 amide bonds. The number of fused-ring (bicyclic) bond motifs is 15. The summed E-state index contributed by atoms with van der Waals surface area (Å²) in [6.07, 6.45) is 0. The molecule has 472 valence electrons. The Morgan fingerprint density at radius 1 is 0.178 bits per heavy atom. The predicted molar refractivity (Wildman–Crippen MR) is 426 cm³/mol. The monoisotopic (exact) mass is 1340 g/mol. The lowest BCUT2D eigenvalue weighted by molar-refractivity contribution is 1.07. The number of rotatable bonds is 12. The topological polar surface area (TPSA) is 83.8 Å². The average molecular weight is 1340 g/mol. The summed E-state index contributed by atoms with van der Waals surface area (Å²) < 4.78 is 7.37. The Hall–Kier alpha value is -12.6. The SMILES string of the molecule is c1ccc(-c2nc(-c3ccccc3)nc(-c3ccc(N(c4ccc5c(c4)c4ccccc4c4cc6c(cc54)sc4c(N(c5ccc(-c7nc(-c8ccccc8)nc(-c8ccccc8)n7)cc5)c5cccc7c5sc5ccccc57)cccc46)c4cccc5c4sc4ccccc45)cc3)n2)cc1. The largest absolute Gasteiger partial charge is 0.309 e. The van der Waals surface area contributed by atoms with Crippen LogP contribution in [-0.4, -0.2) is 29.9 Å². The Morgan fingerprint density at radius 3 is 0.901 bits per heavy atom. The van der Waals surface area contributed by atoms with Gasteiger partial charge in [0, 0.05) is 96.9 Å². The van der Waals surface area contributed by atoms with Crippen molar-refractivity contribution in [3.8, 4) is 68.3 Å². The van der Waals surface area contributed by atoms with E-state index >= 15 is 0 Å². The van der Waals surface area contributed by atoms with E-state index in [2.05, 4.69) is 240 Å². The number of nitrogens with zero attached hydrogens (tertiary/aromatic N) is 8. The lowest BCUT2D eigenvalue weighted by Gasteiger charge is -2.27. The zero-order chi connectivity index (χ0) is 66.5. The normalized spacial score (nSPS) is 11.8. The van der Waals surface area contributed by atoms with E-state index in [1.165, 1.54) is 92.8 Å². The van der Waals surface area contributed by atoms with Gasteiger partial charge in [-0.15, -0.1) is 34.0 Å². The van der Waals surface area contributed by atoms with E-state index in [0.29, 0.717) is 34.9 Å². The van der Waals surface area contributed by atoms with E-state index in [4.69, 9.17) is 29.9 Å². The molecule has 0 saturated heterocycles. The van der Waals surface area contributed by atoms with Gasteiger partial charge in [-0.1, -0.05) is 224 Å². The summed E-state index contributed by atoms with van der Waals surface area (Å²) in [5.74, 6) is 3.73. The Balaban J connectivity index is 0.742. The molecule has 0 radical (unpaired) electrons. The standard InChI is InChI=1S/C90H54N8S3/c1-5-22-55(23-6-1)85-91-86(56-24-7-2-8-25-56)94-89(93-85)59-42-46-61(47-43-59)97(76-37-19-34-69-67-32-15-17-40-79(67)99-82(69)76)63-50-51-66-72(52-63)64-30-13-14-31-65(64)73-53-75-71-36-21-39-78(84(71)101-81(75)54-74(66)73)98(77-38-20-35-70-68-33-16-18-41-80(68)100-83(70)77)62-48-44-60(45-49-62)90-95-87(57-26-9-3-10-27-57)92-88(96-90)58-28-11-4-12-29-58/h1-54H. The summed E-state index contributed by atoms with van der Waals surface area (Å²) in [6, 6.07) is 117. The van der Waals surface area contributed by atoms with Gasteiger partial charge >= 0.3 is 0 Å². The zero-order valence-electron chi connectivity index (χ0n) is 54.0. The summed E-state index contributed by atoms with van der Waals surface area (Å²) in [5, 5.41) is 14.6. The molecule has 15 aromatic carbocycles. The van der Waals surface area contributed by atoms with Crippen LogP contribution in [0.4, 0.5) is 34.1 Å². The molecule has 0 aliphatic rings. The molecule has 0 unspecified atom stereocenters. The molecule has 0 spiro atoms. The molecule has 0 aliphatic carbocycles. The highest BCUT2D eigenvalue weighted by atomic mass is 32.1. The molecule has 5 heterocycles. The minimum absolute atomic E-state index is 0.608. The molecule has 8 nitrogen and oxygen atoms in total. The van der Waals surface area contributed by atoms with Gasteiger partial charge in [0.05, 0.1) is 31.2 Å². The van der Waals surface area contributed by atoms with Crippen molar-refractivity contribution in [3.05, 3.63) is 328 Å². The Labute approximate surface area is 592 Å². The van der Waals surface area contributed by atoms with E-state index in [1.807, 2.05) is 131 Å². The third kappa shape index (κ3) is 10.1. The number of aromatic nitrogens is 6. The minimum Gasteiger partial charge on any atom is -0.309 e. The third-order valence-corrected chi connectivity index (χ3v) is 22.9. The molecule has 20 aromatic rings. The molecule has 0 aliphatic heterocycles. The molecule has 11 heteroatoms. The van der Waals surface area contributed by atoms with E-state index in [0.717, 1.165) is 67.5 Å². The van der Waals surface area contributed by atoms with Crippen LogP contribution in [0.15, 0.2) is 328 Å².